The number of nitro groups is 2. The number of halogens is 3. The highest BCUT2D eigenvalue weighted by Gasteiger charge is 2.21. The molecule has 0 aliphatic carbocycles. The molecule has 2 rings (SSSR count). The van der Waals surface area contributed by atoms with Gasteiger partial charge in [-0.15, -0.1) is 0 Å². The van der Waals surface area contributed by atoms with E-state index in [9.17, 15) is 25.0 Å². The molecular formula is C14H8Cl3N3O5. The molecule has 0 radical (unpaired) electrons. The summed E-state index contributed by atoms with van der Waals surface area (Å²) in [7, 11) is 0. The number of amides is 1. The van der Waals surface area contributed by atoms with Gasteiger partial charge in [-0.3, -0.25) is 25.0 Å². The Balaban J connectivity index is 2.25. The van der Waals surface area contributed by atoms with Gasteiger partial charge in [-0.05, 0) is 18.2 Å². The van der Waals surface area contributed by atoms with Crippen LogP contribution in [-0.4, -0.2) is 15.8 Å². The quantitative estimate of drug-likeness (QED) is 0.442. The molecule has 130 valence electrons. The summed E-state index contributed by atoms with van der Waals surface area (Å²) >= 11 is 17.6. The van der Waals surface area contributed by atoms with E-state index < -0.39 is 27.1 Å². The number of nitro benzene ring substituents is 2. The van der Waals surface area contributed by atoms with E-state index in [1.54, 1.807) is 0 Å². The number of rotatable bonds is 5. The van der Waals surface area contributed by atoms with Crippen LogP contribution in [0.1, 0.15) is 5.56 Å². The summed E-state index contributed by atoms with van der Waals surface area (Å²) in [5, 5.41) is 24.8. The van der Waals surface area contributed by atoms with Crippen LogP contribution in [0, 0.1) is 20.2 Å². The third kappa shape index (κ3) is 4.56. The second-order valence-corrected chi connectivity index (χ2v) is 6.02. The first-order chi connectivity index (χ1) is 11.7. The molecule has 0 saturated carbocycles. The van der Waals surface area contributed by atoms with Crippen LogP contribution in [0.3, 0.4) is 0 Å². The minimum atomic E-state index is -0.790. The van der Waals surface area contributed by atoms with Crippen LogP contribution >= 0.6 is 34.8 Å². The van der Waals surface area contributed by atoms with E-state index >= 15 is 0 Å². The monoisotopic (exact) mass is 403 g/mol. The predicted octanol–water partition coefficient (Wildman–Crippen LogP) is 4.64. The lowest BCUT2D eigenvalue weighted by Crippen LogP contribution is -2.15. The Labute approximate surface area is 155 Å². The van der Waals surface area contributed by atoms with E-state index in [1.807, 2.05) is 0 Å². The molecule has 0 spiro atoms. The molecule has 11 heteroatoms. The van der Waals surface area contributed by atoms with Crippen LogP contribution in [-0.2, 0) is 11.2 Å². The maximum absolute atomic E-state index is 12.1. The maximum Gasteiger partial charge on any atom is 0.279 e. The van der Waals surface area contributed by atoms with Gasteiger partial charge in [0.2, 0.25) is 5.91 Å². The standard InChI is InChI=1S/C14H8Cl3N3O5/c15-9-5-11(17)12(6-10(9)16)18-14(21)3-7-1-2-8(19(22)23)4-13(7)20(24)25/h1-2,4-6H,3H2,(H,18,21). The van der Waals surface area contributed by atoms with Crippen molar-refractivity contribution in [2.75, 3.05) is 5.32 Å². The number of carbonyl (C=O) groups excluding carboxylic acids is 1. The molecule has 0 fully saturated rings. The summed E-state index contributed by atoms with van der Waals surface area (Å²) in [4.78, 5) is 32.4. The fourth-order valence-electron chi connectivity index (χ4n) is 1.97. The summed E-state index contributed by atoms with van der Waals surface area (Å²) in [6, 6.07) is 5.73. The van der Waals surface area contributed by atoms with Crippen molar-refractivity contribution in [1.82, 2.24) is 0 Å². The van der Waals surface area contributed by atoms with Crippen LogP contribution in [0.4, 0.5) is 17.1 Å². The second kappa shape index (κ2) is 7.64. The van der Waals surface area contributed by atoms with Gasteiger partial charge in [-0.2, -0.15) is 0 Å². The van der Waals surface area contributed by atoms with Crippen molar-refractivity contribution in [2.24, 2.45) is 0 Å². The SMILES string of the molecule is O=C(Cc1ccc([N+](=O)[O-])cc1[N+](=O)[O-])Nc1cc(Cl)c(Cl)cc1Cl. The first kappa shape index (κ1) is 18.9. The average molecular weight is 405 g/mol. The van der Waals surface area contributed by atoms with Crippen LogP contribution in [0.15, 0.2) is 30.3 Å². The Morgan fingerprint density at radius 2 is 1.60 bits per heavy atom. The van der Waals surface area contributed by atoms with E-state index in [0.717, 1.165) is 18.2 Å². The normalized spacial score (nSPS) is 10.4. The van der Waals surface area contributed by atoms with Crippen molar-refractivity contribution in [3.63, 3.8) is 0 Å². The van der Waals surface area contributed by atoms with E-state index in [-0.39, 0.29) is 32.7 Å². The summed E-state index contributed by atoms with van der Waals surface area (Å²) in [5.74, 6) is -0.614. The number of non-ortho nitro benzene ring substituents is 1. The van der Waals surface area contributed by atoms with Gasteiger partial charge in [-0.25, -0.2) is 0 Å². The van der Waals surface area contributed by atoms with Crippen LogP contribution in [0.5, 0.6) is 0 Å². The highest BCUT2D eigenvalue weighted by Crippen LogP contribution is 2.32. The first-order valence-electron chi connectivity index (χ1n) is 6.55. The number of anilines is 1. The molecular weight excluding hydrogens is 397 g/mol. The fourth-order valence-corrected chi connectivity index (χ4v) is 2.57. The Hall–Kier alpha value is -2.42. The van der Waals surface area contributed by atoms with E-state index in [4.69, 9.17) is 34.8 Å². The molecule has 0 aromatic heterocycles. The highest BCUT2D eigenvalue weighted by atomic mass is 35.5. The fraction of sp³-hybridized carbons (Fsp3) is 0.0714. The summed E-state index contributed by atoms with van der Waals surface area (Å²) in [6.45, 7) is 0. The number of benzene rings is 2. The lowest BCUT2D eigenvalue weighted by Gasteiger charge is -2.09. The van der Waals surface area contributed by atoms with Gasteiger partial charge in [0.15, 0.2) is 0 Å². The van der Waals surface area contributed by atoms with Crippen LogP contribution in [0.25, 0.3) is 0 Å². The Bertz CT molecular complexity index is 888. The minimum Gasteiger partial charge on any atom is -0.324 e. The second-order valence-electron chi connectivity index (χ2n) is 4.80. The molecule has 0 aliphatic rings. The smallest absolute Gasteiger partial charge is 0.279 e. The molecule has 0 heterocycles. The van der Waals surface area contributed by atoms with Crippen molar-refractivity contribution < 1.29 is 14.6 Å². The molecule has 0 saturated heterocycles. The maximum atomic E-state index is 12.1. The van der Waals surface area contributed by atoms with Crippen molar-refractivity contribution in [1.29, 1.82) is 0 Å². The Morgan fingerprint density at radius 3 is 2.20 bits per heavy atom. The summed E-state index contributed by atoms with van der Waals surface area (Å²) in [6.07, 6.45) is -0.384. The molecule has 0 aliphatic heterocycles. The Kier molecular flexibility index (Phi) is 5.78. The van der Waals surface area contributed by atoms with Crippen molar-refractivity contribution in [3.05, 3.63) is 71.2 Å². The van der Waals surface area contributed by atoms with Gasteiger partial charge in [-0.1, -0.05) is 34.8 Å². The van der Waals surface area contributed by atoms with Gasteiger partial charge < -0.3 is 5.32 Å². The molecule has 0 atom stereocenters. The lowest BCUT2D eigenvalue weighted by atomic mass is 10.1. The third-order valence-corrected chi connectivity index (χ3v) is 4.15. The zero-order valence-electron chi connectivity index (χ0n) is 12.2. The van der Waals surface area contributed by atoms with Crippen LogP contribution in [0.2, 0.25) is 15.1 Å². The van der Waals surface area contributed by atoms with Crippen molar-refractivity contribution >= 4 is 57.8 Å². The van der Waals surface area contributed by atoms with Gasteiger partial charge >= 0.3 is 0 Å². The number of nitrogens with one attached hydrogen (secondary N) is 1. The number of hydrogen-bond acceptors (Lipinski definition) is 5. The zero-order valence-corrected chi connectivity index (χ0v) is 14.4. The van der Waals surface area contributed by atoms with Crippen molar-refractivity contribution in [2.45, 2.75) is 6.42 Å². The third-order valence-electron chi connectivity index (χ3n) is 3.11. The molecule has 1 amide bonds. The topological polar surface area (TPSA) is 115 Å². The average Bonchev–Trinajstić information content (AvgIpc) is 2.52. The molecule has 25 heavy (non-hydrogen) atoms. The van der Waals surface area contributed by atoms with Gasteiger partial charge in [0.1, 0.15) is 0 Å². The largest absolute Gasteiger partial charge is 0.324 e. The first-order valence-corrected chi connectivity index (χ1v) is 7.68. The molecule has 2 aromatic rings. The number of hydrogen-bond donors (Lipinski definition) is 1. The van der Waals surface area contributed by atoms with Gasteiger partial charge in [0.25, 0.3) is 11.4 Å². The van der Waals surface area contributed by atoms with Crippen LogP contribution < -0.4 is 5.32 Å². The predicted molar refractivity (Wildman–Crippen MR) is 93.6 cm³/mol. The van der Waals surface area contributed by atoms with E-state index in [0.29, 0.717) is 0 Å². The number of carbonyl (C=O) groups is 1. The number of nitrogens with zero attached hydrogens (tertiary/aromatic N) is 2. The summed E-state index contributed by atoms with van der Waals surface area (Å²) < 4.78 is 0. The van der Waals surface area contributed by atoms with E-state index in [2.05, 4.69) is 5.32 Å². The minimum absolute atomic E-state index is 0.0179. The Morgan fingerprint density at radius 1 is 0.960 bits per heavy atom. The molecule has 8 nitrogen and oxygen atoms in total. The van der Waals surface area contributed by atoms with E-state index in [1.165, 1.54) is 12.1 Å². The van der Waals surface area contributed by atoms with Gasteiger partial charge in [0, 0.05) is 11.6 Å². The summed E-state index contributed by atoms with van der Waals surface area (Å²) in [5.41, 5.74) is -0.761. The van der Waals surface area contributed by atoms with Crippen molar-refractivity contribution in [3.8, 4) is 0 Å². The molecule has 0 unspecified atom stereocenters. The molecule has 2 aromatic carbocycles. The lowest BCUT2D eigenvalue weighted by molar-refractivity contribution is -0.394. The zero-order chi connectivity index (χ0) is 18.7. The van der Waals surface area contributed by atoms with Gasteiger partial charge in [0.05, 0.1) is 43.1 Å². The highest BCUT2D eigenvalue weighted by molar-refractivity contribution is 6.44. The molecule has 0 bridgehead atoms. The molecule has 1 N–H and O–H groups in total.